The molecule has 0 N–H and O–H groups in total. The number of carbonyl (C=O) groups is 4. The number of anilines is 2. The average molecular weight is 1330 g/mol. The van der Waals surface area contributed by atoms with E-state index < -0.39 is 16.7 Å². The molecule has 12 atom stereocenters. The molecule has 0 bridgehead atoms. The van der Waals surface area contributed by atoms with Crippen LogP contribution in [0.5, 0.6) is 5.75 Å². The van der Waals surface area contributed by atoms with E-state index in [9.17, 15) is 19.2 Å². The second-order valence-corrected chi connectivity index (χ2v) is 31.3. The van der Waals surface area contributed by atoms with Gasteiger partial charge in [-0.25, -0.2) is 0 Å². The zero-order chi connectivity index (χ0) is 66.9. The second-order valence-electron chi connectivity index (χ2n) is 30.5. The van der Waals surface area contributed by atoms with Crippen LogP contribution in [-0.2, 0) is 86.1 Å². The van der Waals surface area contributed by atoms with Gasteiger partial charge in [-0.05, 0) is 186 Å². The number of halogens is 2. The number of rotatable bonds is 13. The largest absolute Gasteiger partial charge is 0.497 e. The molecule has 14 rings (SSSR count). The maximum atomic E-state index is 14.9. The van der Waals surface area contributed by atoms with Crippen LogP contribution in [0.1, 0.15) is 143 Å². The number of esters is 2. The fourth-order valence-corrected chi connectivity index (χ4v) is 18.9. The van der Waals surface area contributed by atoms with Crippen molar-refractivity contribution in [1.82, 2.24) is 9.80 Å². The van der Waals surface area contributed by atoms with Crippen LogP contribution in [0.15, 0.2) is 133 Å². The van der Waals surface area contributed by atoms with Crippen molar-refractivity contribution in [2.45, 2.75) is 172 Å². The van der Waals surface area contributed by atoms with Crippen LogP contribution in [0.2, 0.25) is 10.0 Å². The van der Waals surface area contributed by atoms with Gasteiger partial charge in [0, 0.05) is 46.6 Å². The Morgan fingerprint density at radius 2 is 1.00 bits per heavy atom. The summed E-state index contributed by atoms with van der Waals surface area (Å²) in [4.78, 5) is 65.9. The standard InChI is InChI=1S/C43H54N2O4.C37H40Cl2N2O5/c1-41(2,3)31-17-12-28(13-18-31)25-45-35-11-9-8-10-34(35)43(40(45)47)22-23-44-26-30-16-21-36(38(39(46)48-7)33(30)24-37(43)44)49-27-29-14-19-32(20-15-29)42(4,5)6;1-22-8-9-24(29(38)16-22)20-41-31-7-5-4-6-28(31)37(36(41)43)14-15-40-19-23-11-13-32(34(35(42)45-3)27(23)18-33(37)40)46-21-25-10-12-26(44-2)17-30(25)39/h8-15,17-20,30,33,36-38H,16,21-27H2,1-7H3;4-10,12,16-17,23,27,32-34H,11,13-15,18-21H2,1-3H3/t30-,33-,36-,37-,38+,43-;23-,27-,32-,33-,34+,37-/m00/s1. The third-order valence-corrected chi connectivity index (χ3v) is 24.1. The maximum absolute atomic E-state index is 14.9. The van der Waals surface area contributed by atoms with Crippen molar-refractivity contribution in [2.75, 3.05) is 57.3 Å². The number of amides is 2. The predicted molar refractivity (Wildman–Crippen MR) is 373 cm³/mol. The molecule has 6 aromatic carbocycles. The van der Waals surface area contributed by atoms with Gasteiger partial charge >= 0.3 is 11.9 Å². The first-order valence-electron chi connectivity index (χ1n) is 34.5. The minimum absolute atomic E-state index is 0.0252. The summed E-state index contributed by atoms with van der Waals surface area (Å²) >= 11 is 13.2. The molecule has 15 heteroatoms. The summed E-state index contributed by atoms with van der Waals surface area (Å²) in [6, 6.07) is 45.6. The fourth-order valence-electron chi connectivity index (χ4n) is 18.3. The first-order valence-corrected chi connectivity index (χ1v) is 35.3. The van der Waals surface area contributed by atoms with Crippen LogP contribution in [0.3, 0.4) is 0 Å². The molecule has 0 aromatic heterocycles. The molecule has 2 saturated carbocycles. The lowest BCUT2D eigenvalue weighted by Gasteiger charge is -2.50. The topological polar surface area (TPSA) is 127 Å². The molecular weight excluding hydrogens is 1230 g/mol. The van der Waals surface area contributed by atoms with Gasteiger partial charge in [0.1, 0.15) is 5.75 Å². The molecule has 0 unspecified atom stereocenters. The summed E-state index contributed by atoms with van der Waals surface area (Å²) in [7, 11) is 4.57. The molecule has 2 amide bonds. The van der Waals surface area contributed by atoms with Crippen LogP contribution in [0.4, 0.5) is 11.4 Å². The van der Waals surface area contributed by atoms with Gasteiger partial charge in [-0.2, -0.15) is 0 Å². The van der Waals surface area contributed by atoms with Gasteiger partial charge in [0.15, 0.2) is 0 Å². The van der Waals surface area contributed by atoms with Gasteiger partial charge in [0.05, 0.1) is 82.5 Å². The lowest BCUT2D eigenvalue weighted by molar-refractivity contribution is -0.166. The van der Waals surface area contributed by atoms with E-state index in [2.05, 4.69) is 136 Å². The number of methoxy groups -OCH3 is 3. The predicted octanol–water partition coefficient (Wildman–Crippen LogP) is 14.9. The zero-order valence-electron chi connectivity index (χ0n) is 57.0. The Bertz CT molecular complexity index is 3850. The molecular formula is C80H94Cl2N4O9. The molecule has 6 fully saturated rings. The minimum Gasteiger partial charge on any atom is -0.497 e. The van der Waals surface area contributed by atoms with Crippen molar-refractivity contribution < 1.29 is 42.9 Å². The summed E-state index contributed by atoms with van der Waals surface area (Å²) in [5.41, 5.74) is 10.8. The van der Waals surface area contributed by atoms with Gasteiger partial charge in [-0.3, -0.25) is 29.0 Å². The van der Waals surface area contributed by atoms with Crippen LogP contribution in [-0.4, -0.2) is 105 Å². The number of aryl methyl sites for hydroxylation is 1. The maximum Gasteiger partial charge on any atom is 0.311 e. The highest BCUT2D eigenvalue weighted by Crippen LogP contribution is 2.59. The first-order chi connectivity index (χ1) is 45.6. The quantitative estimate of drug-likeness (QED) is 0.103. The molecule has 6 heterocycles. The summed E-state index contributed by atoms with van der Waals surface area (Å²) in [5.74, 6) is 0.675. The van der Waals surface area contributed by atoms with Crippen molar-refractivity contribution in [2.24, 2.45) is 35.5 Å². The number of fused-ring (bicyclic) bond motifs is 10. The first kappa shape index (κ1) is 67.0. The number of hydrogen-bond donors (Lipinski definition) is 0. The molecule has 4 saturated heterocycles. The van der Waals surface area contributed by atoms with Crippen molar-refractivity contribution in [3.8, 4) is 5.75 Å². The Hall–Kier alpha value is -6.58. The highest BCUT2D eigenvalue weighted by Gasteiger charge is 2.65. The van der Waals surface area contributed by atoms with Gasteiger partial charge in [-0.15, -0.1) is 0 Å². The van der Waals surface area contributed by atoms with Crippen LogP contribution in [0.25, 0.3) is 0 Å². The van der Waals surface area contributed by atoms with Gasteiger partial charge < -0.3 is 33.5 Å². The number of ether oxygens (including phenoxy) is 5. The smallest absolute Gasteiger partial charge is 0.311 e. The van der Waals surface area contributed by atoms with Gasteiger partial charge in [-0.1, -0.05) is 168 Å². The Morgan fingerprint density at radius 3 is 1.47 bits per heavy atom. The number of piperidine rings is 2. The van der Waals surface area contributed by atoms with Crippen LogP contribution >= 0.6 is 23.2 Å². The molecule has 2 aliphatic carbocycles. The summed E-state index contributed by atoms with van der Waals surface area (Å²) in [6.07, 6.45) is 6.15. The van der Waals surface area contributed by atoms with Crippen LogP contribution in [0, 0.1) is 42.4 Å². The summed E-state index contributed by atoms with van der Waals surface area (Å²) in [5, 5.41) is 1.24. The Morgan fingerprint density at radius 1 is 0.537 bits per heavy atom. The molecule has 13 nitrogen and oxygen atoms in total. The minimum atomic E-state index is -0.677. The molecule has 0 radical (unpaired) electrons. The number of benzene rings is 6. The fraction of sp³-hybridized carbons (Fsp3) is 0.500. The monoisotopic (exact) mass is 1320 g/mol. The van der Waals surface area contributed by atoms with Gasteiger partial charge in [0.25, 0.3) is 0 Å². The lowest BCUT2D eigenvalue weighted by Crippen LogP contribution is -2.58. The van der Waals surface area contributed by atoms with Crippen molar-refractivity contribution in [1.29, 1.82) is 0 Å². The second kappa shape index (κ2) is 26.7. The average Bonchev–Trinajstić information content (AvgIpc) is 1.55. The third kappa shape index (κ3) is 12.3. The van der Waals surface area contributed by atoms with Gasteiger partial charge in [0.2, 0.25) is 11.8 Å². The molecule has 2 spiro atoms. The van der Waals surface area contributed by atoms with Crippen LogP contribution < -0.4 is 14.5 Å². The third-order valence-electron chi connectivity index (χ3n) is 23.4. The SMILES string of the molecule is COC(=O)[C@@H]1[C@H]2C[C@@H]3N(CC[C@@]34C(=O)N(Cc3ccc(C(C)(C)C)cc3)c3ccccc34)C[C@@H]2CC[C@@H]1OCc1ccc(C(C)(C)C)cc1.COC(=O)[C@@H]1[C@H]2C[C@@H]3N(CC[C@@]34C(=O)N(Cc3ccc(C)cc3Cl)c3ccccc34)C[C@@H]2CC[C@@H]1OCc1ccc(OC)cc1Cl. The van der Waals surface area contributed by atoms with E-state index in [1.165, 1.54) is 25.3 Å². The molecule has 6 aromatic rings. The molecule has 6 aliphatic heterocycles. The van der Waals surface area contributed by atoms with Crippen molar-refractivity contribution >= 4 is 58.3 Å². The van der Waals surface area contributed by atoms with Crippen molar-refractivity contribution in [3.63, 3.8) is 0 Å². The van der Waals surface area contributed by atoms with E-state index in [4.69, 9.17) is 46.9 Å². The number of nitrogens with zero attached hydrogens (tertiary/aromatic N) is 4. The normalized spacial score (nSPS) is 28.5. The highest BCUT2D eigenvalue weighted by atomic mass is 35.5. The molecule has 95 heavy (non-hydrogen) atoms. The molecule has 502 valence electrons. The number of para-hydroxylation sites is 2. The Labute approximate surface area is 572 Å². The molecule has 8 aliphatic rings. The number of carbonyl (C=O) groups excluding carboxylic acids is 4. The van der Waals surface area contributed by atoms with E-state index in [-0.39, 0.29) is 76.6 Å². The summed E-state index contributed by atoms with van der Waals surface area (Å²) < 4.78 is 29.3. The van der Waals surface area contributed by atoms with E-state index in [0.717, 1.165) is 128 Å². The van der Waals surface area contributed by atoms with E-state index in [1.807, 2.05) is 59.2 Å². The zero-order valence-corrected chi connectivity index (χ0v) is 58.5. The van der Waals surface area contributed by atoms with E-state index in [1.54, 1.807) is 13.2 Å². The van der Waals surface area contributed by atoms with E-state index >= 15 is 0 Å². The Balaban J connectivity index is 0.000000172. The Kier molecular flexibility index (Phi) is 18.8. The van der Waals surface area contributed by atoms with E-state index in [0.29, 0.717) is 53.9 Å². The van der Waals surface area contributed by atoms with Crippen molar-refractivity contribution in [3.05, 3.63) is 194 Å². The lowest BCUT2D eigenvalue weighted by atomic mass is 9.62. The summed E-state index contributed by atoms with van der Waals surface area (Å²) in [6.45, 7) is 20.6. The highest BCUT2D eigenvalue weighted by molar-refractivity contribution is 6.31. The number of hydrogen-bond acceptors (Lipinski definition) is 11.